The van der Waals surface area contributed by atoms with Gasteiger partial charge in [-0.05, 0) is 18.8 Å². The van der Waals surface area contributed by atoms with E-state index in [0.29, 0.717) is 6.04 Å². The van der Waals surface area contributed by atoms with Crippen molar-refractivity contribution in [2.24, 2.45) is 5.92 Å². The molecule has 0 aliphatic heterocycles. The summed E-state index contributed by atoms with van der Waals surface area (Å²) in [5, 5.41) is 4.32. The Morgan fingerprint density at radius 3 is 2.81 bits per heavy atom. The molecule has 0 heterocycles. The highest BCUT2D eigenvalue weighted by atomic mass is 32.2. The van der Waals surface area contributed by atoms with E-state index in [1.54, 1.807) is 0 Å². The van der Waals surface area contributed by atoms with Crippen LogP contribution in [0.4, 0.5) is 0 Å². The van der Waals surface area contributed by atoms with E-state index in [0.717, 1.165) is 23.5 Å². The predicted octanol–water partition coefficient (Wildman–Crippen LogP) is 3.85. The molecular weight excluding hydrogens is 214 g/mol. The van der Waals surface area contributed by atoms with Gasteiger partial charge in [-0.3, -0.25) is 0 Å². The molecule has 2 unspecified atom stereocenters. The highest BCUT2D eigenvalue weighted by Gasteiger charge is 2.18. The van der Waals surface area contributed by atoms with E-state index in [9.17, 15) is 0 Å². The molecule has 0 amide bonds. The van der Waals surface area contributed by atoms with E-state index in [1.165, 1.54) is 31.3 Å². The maximum atomic E-state index is 4.15. The molecule has 1 rings (SSSR count). The van der Waals surface area contributed by atoms with Gasteiger partial charge in [0.25, 0.3) is 0 Å². The van der Waals surface area contributed by atoms with Crippen LogP contribution in [0.3, 0.4) is 0 Å². The Morgan fingerprint density at radius 1 is 1.44 bits per heavy atom. The van der Waals surface area contributed by atoms with Crippen molar-refractivity contribution in [2.45, 2.75) is 57.7 Å². The molecular formula is C14H27NS. The largest absolute Gasteiger partial charge is 0.311 e. The first-order valence-corrected chi connectivity index (χ1v) is 7.64. The van der Waals surface area contributed by atoms with E-state index in [4.69, 9.17) is 0 Å². The van der Waals surface area contributed by atoms with Crippen molar-refractivity contribution in [2.75, 3.05) is 12.3 Å². The summed E-state index contributed by atoms with van der Waals surface area (Å²) in [4.78, 5) is 0. The van der Waals surface area contributed by atoms with E-state index >= 15 is 0 Å². The van der Waals surface area contributed by atoms with Gasteiger partial charge in [0.1, 0.15) is 0 Å². The van der Waals surface area contributed by atoms with Crippen molar-refractivity contribution in [3.63, 3.8) is 0 Å². The molecule has 1 nitrogen and oxygen atoms in total. The lowest BCUT2D eigenvalue weighted by molar-refractivity contribution is 0.394. The van der Waals surface area contributed by atoms with Crippen LogP contribution in [0.1, 0.15) is 46.5 Å². The fourth-order valence-corrected chi connectivity index (χ4v) is 3.54. The summed E-state index contributed by atoms with van der Waals surface area (Å²) >= 11 is 2.12. The number of nitrogens with one attached hydrogen (secondary N) is 1. The Labute approximate surface area is 105 Å². The molecule has 94 valence electrons. The van der Waals surface area contributed by atoms with Crippen LogP contribution in [0.2, 0.25) is 0 Å². The maximum absolute atomic E-state index is 4.15. The highest BCUT2D eigenvalue weighted by molar-refractivity contribution is 8.00. The summed E-state index contributed by atoms with van der Waals surface area (Å²) in [5.74, 6) is 2.07. The second kappa shape index (κ2) is 7.39. The van der Waals surface area contributed by atoms with Gasteiger partial charge in [0.05, 0.1) is 0 Å². The van der Waals surface area contributed by atoms with Gasteiger partial charge in [0.15, 0.2) is 0 Å². The second-order valence-electron chi connectivity index (χ2n) is 5.49. The lowest BCUT2D eigenvalue weighted by atomic mass is 9.91. The number of rotatable bonds is 6. The molecule has 0 aromatic carbocycles. The topological polar surface area (TPSA) is 12.0 Å². The average molecular weight is 241 g/mol. The van der Waals surface area contributed by atoms with E-state index < -0.39 is 0 Å². The third-order valence-electron chi connectivity index (χ3n) is 3.17. The fraction of sp³-hybridized carbons (Fsp3) is 0.857. The minimum atomic E-state index is 0.566. The van der Waals surface area contributed by atoms with Crippen LogP contribution in [0, 0.1) is 5.92 Å². The second-order valence-corrected chi connectivity index (χ2v) is 6.78. The predicted molar refractivity (Wildman–Crippen MR) is 76.2 cm³/mol. The minimum Gasteiger partial charge on any atom is -0.311 e. The zero-order valence-corrected chi connectivity index (χ0v) is 11.9. The Hall–Kier alpha value is 0.0500. The summed E-state index contributed by atoms with van der Waals surface area (Å²) in [6.07, 6.45) is 5.69. The molecule has 2 atom stereocenters. The van der Waals surface area contributed by atoms with Crippen LogP contribution in [0.5, 0.6) is 0 Å². The van der Waals surface area contributed by atoms with Gasteiger partial charge in [-0.2, -0.15) is 11.8 Å². The van der Waals surface area contributed by atoms with Gasteiger partial charge in [-0.1, -0.05) is 45.8 Å². The first-order valence-electron chi connectivity index (χ1n) is 6.59. The van der Waals surface area contributed by atoms with Crippen molar-refractivity contribution < 1.29 is 0 Å². The summed E-state index contributed by atoms with van der Waals surface area (Å²) < 4.78 is 0. The van der Waals surface area contributed by atoms with E-state index in [1.807, 2.05) is 0 Å². The minimum absolute atomic E-state index is 0.566. The molecule has 0 saturated heterocycles. The molecule has 0 radical (unpaired) electrons. The molecule has 1 saturated carbocycles. The summed E-state index contributed by atoms with van der Waals surface area (Å²) in [6, 6.07) is 0.566. The van der Waals surface area contributed by atoms with Gasteiger partial charge >= 0.3 is 0 Å². The lowest BCUT2D eigenvalue weighted by Gasteiger charge is -2.26. The number of hydrogen-bond donors (Lipinski definition) is 1. The monoisotopic (exact) mass is 241 g/mol. The van der Waals surface area contributed by atoms with Crippen LogP contribution >= 0.6 is 11.8 Å². The molecule has 0 spiro atoms. The van der Waals surface area contributed by atoms with Crippen molar-refractivity contribution >= 4 is 11.8 Å². The van der Waals surface area contributed by atoms with Gasteiger partial charge in [0, 0.05) is 23.6 Å². The Bertz CT molecular complexity index is 213. The Morgan fingerprint density at radius 2 is 2.19 bits per heavy atom. The summed E-state index contributed by atoms with van der Waals surface area (Å²) in [6.45, 7) is 11.9. The van der Waals surface area contributed by atoms with Crippen LogP contribution in [0.25, 0.3) is 0 Å². The average Bonchev–Trinajstić information content (AvgIpc) is 2.23. The van der Waals surface area contributed by atoms with Crippen molar-refractivity contribution in [1.29, 1.82) is 0 Å². The zero-order valence-electron chi connectivity index (χ0n) is 11.1. The van der Waals surface area contributed by atoms with Crippen LogP contribution in [-0.4, -0.2) is 23.6 Å². The van der Waals surface area contributed by atoms with Gasteiger partial charge < -0.3 is 5.32 Å². The Kier molecular flexibility index (Phi) is 6.52. The SMILES string of the molecule is C=C(CNC(C)C)CSC1CCCC(C)C1. The molecule has 0 bridgehead atoms. The molecule has 1 aliphatic rings. The van der Waals surface area contributed by atoms with Crippen LogP contribution in [0.15, 0.2) is 12.2 Å². The summed E-state index contributed by atoms with van der Waals surface area (Å²) in [7, 11) is 0. The molecule has 0 aromatic rings. The van der Waals surface area contributed by atoms with Crippen molar-refractivity contribution in [1.82, 2.24) is 5.32 Å². The smallest absolute Gasteiger partial charge is 0.0172 e. The van der Waals surface area contributed by atoms with E-state index in [-0.39, 0.29) is 0 Å². The van der Waals surface area contributed by atoms with E-state index in [2.05, 4.69) is 44.4 Å². The normalized spacial score (nSPS) is 26.0. The molecule has 1 fully saturated rings. The lowest BCUT2D eigenvalue weighted by Crippen LogP contribution is -2.25. The quantitative estimate of drug-likeness (QED) is 0.709. The third-order valence-corrected chi connectivity index (χ3v) is 4.65. The Balaban J connectivity index is 2.11. The molecule has 2 heteroatoms. The molecule has 16 heavy (non-hydrogen) atoms. The van der Waals surface area contributed by atoms with Crippen LogP contribution < -0.4 is 5.32 Å². The van der Waals surface area contributed by atoms with Gasteiger partial charge in [-0.25, -0.2) is 0 Å². The number of hydrogen-bond acceptors (Lipinski definition) is 2. The highest BCUT2D eigenvalue weighted by Crippen LogP contribution is 2.32. The summed E-state index contributed by atoms with van der Waals surface area (Å²) in [5.41, 5.74) is 1.34. The molecule has 1 aliphatic carbocycles. The zero-order chi connectivity index (χ0) is 12.0. The standard InChI is InChI=1S/C14H27NS/c1-11(2)15-9-13(4)10-16-14-7-5-6-12(3)8-14/h11-12,14-15H,4-10H2,1-3H3. The first kappa shape index (κ1) is 14.1. The first-order chi connectivity index (χ1) is 7.58. The van der Waals surface area contributed by atoms with Gasteiger partial charge in [0.2, 0.25) is 0 Å². The van der Waals surface area contributed by atoms with Crippen molar-refractivity contribution in [3.05, 3.63) is 12.2 Å². The number of thioether (sulfide) groups is 1. The van der Waals surface area contributed by atoms with Crippen molar-refractivity contribution in [3.8, 4) is 0 Å². The van der Waals surface area contributed by atoms with Crippen LogP contribution in [-0.2, 0) is 0 Å². The van der Waals surface area contributed by atoms with Gasteiger partial charge in [-0.15, -0.1) is 0 Å². The molecule has 0 aromatic heterocycles. The maximum Gasteiger partial charge on any atom is 0.0172 e. The molecule has 1 N–H and O–H groups in total. The third kappa shape index (κ3) is 5.95. The fourth-order valence-electron chi connectivity index (χ4n) is 2.17.